The van der Waals surface area contributed by atoms with Crippen molar-refractivity contribution >= 4 is 55.5 Å². The third-order valence-electron chi connectivity index (χ3n) is 1.25. The number of carboxylic acid groups (broad SMARTS) is 1. The minimum atomic E-state index is -0.909. The van der Waals surface area contributed by atoms with Gasteiger partial charge in [-0.3, -0.25) is 10.1 Å². The fourth-order valence-corrected chi connectivity index (χ4v) is 1.13. The van der Waals surface area contributed by atoms with Gasteiger partial charge < -0.3 is 13.1 Å². The zero-order valence-corrected chi connectivity index (χ0v) is 10.1. The zero-order valence-electron chi connectivity index (χ0n) is 9.12. The molecule has 70 valence electrons. The number of rotatable bonds is 6. The molecule has 0 rings (SSSR count). The monoisotopic (exact) mass is 221 g/mol. The van der Waals surface area contributed by atoms with Crippen LogP contribution < -0.4 is 5.32 Å². The van der Waals surface area contributed by atoms with Gasteiger partial charge >= 0.3 is 43.7 Å². The molecule has 0 bridgehead atoms. The molecule has 0 aliphatic carbocycles. The molecule has 0 aromatic heterocycles. The molecule has 0 aromatic rings. The van der Waals surface area contributed by atoms with Gasteiger partial charge in [-0.15, -0.1) is 0 Å². The second-order valence-electron chi connectivity index (χ2n) is 2.03. The average molecular weight is 221 g/mol. The first-order valence-electron chi connectivity index (χ1n) is 3.28. The molecule has 0 aliphatic rings. The summed E-state index contributed by atoms with van der Waals surface area (Å²) in [7, 11) is 0. The third kappa shape index (κ3) is 7.64. The van der Waals surface area contributed by atoms with Crippen LogP contribution in [0, 0.1) is 0 Å². The Morgan fingerprint density at radius 3 is 2.67 bits per heavy atom. The quantitative estimate of drug-likeness (QED) is 0.420. The normalized spacial score (nSPS) is 11.8. The summed E-state index contributed by atoms with van der Waals surface area (Å²) in [6.45, 7) is -0.286. The van der Waals surface area contributed by atoms with Crippen LogP contribution in [0.25, 0.3) is 0 Å². The van der Waals surface area contributed by atoms with Gasteiger partial charge in [-0.2, -0.15) is 11.8 Å². The van der Waals surface area contributed by atoms with Crippen molar-refractivity contribution in [2.24, 2.45) is 0 Å². The minimum Gasteiger partial charge on any atom is -1.00 e. The van der Waals surface area contributed by atoms with Gasteiger partial charge in [0.25, 0.3) is 0 Å². The fourth-order valence-electron chi connectivity index (χ4n) is 0.659. The number of thioether (sulfide) groups is 1. The Hall–Kier alpha value is 1.000. The number of hydrogen-bond donors (Lipinski definition) is 3. The van der Waals surface area contributed by atoms with Gasteiger partial charge in [-0.1, -0.05) is 0 Å². The number of aliphatic carboxylic acids is 1. The molecule has 0 saturated heterocycles. The van der Waals surface area contributed by atoms with Gasteiger partial charge in [-0.05, 0) is 18.4 Å². The maximum atomic E-state index is 10.4. The van der Waals surface area contributed by atoms with E-state index in [4.69, 9.17) is 10.2 Å². The van der Waals surface area contributed by atoms with Gasteiger partial charge in [0, 0.05) is 0 Å². The van der Waals surface area contributed by atoms with E-state index >= 15 is 0 Å². The van der Waals surface area contributed by atoms with Crippen LogP contribution in [0.1, 0.15) is 9.27 Å². The van der Waals surface area contributed by atoms with Crippen LogP contribution in [-0.2, 0) is 4.79 Å². The topological polar surface area (TPSA) is 69.6 Å². The number of aliphatic hydroxyl groups excluding tert-OH is 1. The molecule has 0 fully saturated rings. The third-order valence-corrected chi connectivity index (χ3v) is 1.89. The Bertz CT molecular complexity index is 134. The molecule has 0 radical (unpaired) electrons. The van der Waals surface area contributed by atoms with Gasteiger partial charge in [0.05, 0.1) is 6.73 Å². The van der Waals surface area contributed by atoms with Crippen LogP contribution in [0.2, 0.25) is 0 Å². The van der Waals surface area contributed by atoms with E-state index in [1.807, 2.05) is 6.26 Å². The number of aliphatic hydroxyl groups is 1. The van der Waals surface area contributed by atoms with Crippen LogP contribution in [0.4, 0.5) is 0 Å². The molecule has 1 unspecified atom stereocenters. The maximum absolute atomic E-state index is 10.4. The second-order valence-corrected chi connectivity index (χ2v) is 3.02. The molecule has 0 aromatic carbocycles. The summed E-state index contributed by atoms with van der Waals surface area (Å²) in [6, 6.07) is -0.618. The van der Waals surface area contributed by atoms with E-state index in [9.17, 15) is 4.79 Å². The van der Waals surface area contributed by atoms with E-state index in [1.54, 1.807) is 11.8 Å². The first-order valence-corrected chi connectivity index (χ1v) is 4.67. The molecule has 3 N–H and O–H groups in total. The second kappa shape index (κ2) is 10.1. The summed E-state index contributed by atoms with van der Waals surface area (Å²) in [5, 5.41) is 19.4. The maximum Gasteiger partial charge on any atom is 2.00 e. The summed E-state index contributed by atoms with van der Waals surface area (Å²) >= 11 is 1.59. The van der Waals surface area contributed by atoms with Crippen molar-refractivity contribution in [3.05, 3.63) is 0 Å². The van der Waals surface area contributed by atoms with E-state index in [1.165, 1.54) is 0 Å². The van der Waals surface area contributed by atoms with Crippen molar-refractivity contribution < 1.29 is 17.9 Å². The SMILES string of the molecule is CSCCC(NCO)C(=O)O.[Ca+2].[H-].[H-]. The molecule has 0 saturated carbocycles. The van der Waals surface area contributed by atoms with Gasteiger partial charge in [-0.25, -0.2) is 0 Å². The van der Waals surface area contributed by atoms with Crippen LogP contribution in [0.5, 0.6) is 0 Å². The van der Waals surface area contributed by atoms with E-state index in [2.05, 4.69) is 5.32 Å². The number of carbonyl (C=O) groups is 1. The predicted octanol–water partition coefficient (Wildman–Crippen LogP) is -0.424. The molecule has 4 nitrogen and oxygen atoms in total. The molecule has 6 heteroatoms. The largest absolute Gasteiger partial charge is 2.00 e. The molecule has 0 spiro atoms. The van der Waals surface area contributed by atoms with Crippen molar-refractivity contribution in [3.63, 3.8) is 0 Å². The van der Waals surface area contributed by atoms with Crippen molar-refractivity contribution in [1.29, 1.82) is 0 Å². The van der Waals surface area contributed by atoms with Gasteiger partial charge in [0.2, 0.25) is 0 Å². The summed E-state index contributed by atoms with van der Waals surface area (Å²) in [5.41, 5.74) is 0. The van der Waals surface area contributed by atoms with Crippen molar-refractivity contribution in [2.45, 2.75) is 12.5 Å². The van der Waals surface area contributed by atoms with Crippen LogP contribution >= 0.6 is 11.8 Å². The van der Waals surface area contributed by atoms with Crippen molar-refractivity contribution in [2.75, 3.05) is 18.7 Å². The predicted molar refractivity (Wildman–Crippen MR) is 52.6 cm³/mol. The first-order chi connectivity index (χ1) is 5.22. The minimum absolute atomic E-state index is 0. The van der Waals surface area contributed by atoms with E-state index < -0.39 is 12.0 Å². The molecule has 0 heterocycles. The Kier molecular flexibility index (Phi) is 13.0. The standard InChI is InChI=1S/C6H13NO3S.Ca.2H/c1-11-3-2-5(6(9)10)7-4-8;;;/h5,7-8H,2-4H2,1H3,(H,9,10);;;/q;+2;2*-1. The Labute approximate surface area is 109 Å². The van der Waals surface area contributed by atoms with Gasteiger partial charge in [0.15, 0.2) is 0 Å². The number of nitrogens with one attached hydrogen (secondary N) is 1. The van der Waals surface area contributed by atoms with Crippen molar-refractivity contribution in [1.82, 2.24) is 5.32 Å². The Morgan fingerprint density at radius 1 is 1.75 bits per heavy atom. The Morgan fingerprint density at radius 2 is 2.33 bits per heavy atom. The van der Waals surface area contributed by atoms with E-state index in [0.29, 0.717) is 6.42 Å². The van der Waals surface area contributed by atoms with Crippen LogP contribution in [-0.4, -0.2) is 78.7 Å². The molecule has 0 amide bonds. The van der Waals surface area contributed by atoms with Crippen LogP contribution in [0.15, 0.2) is 0 Å². The molecule has 0 aliphatic heterocycles. The number of carboxylic acids is 1. The summed E-state index contributed by atoms with van der Waals surface area (Å²) < 4.78 is 0. The van der Waals surface area contributed by atoms with E-state index in [0.717, 1.165) is 5.75 Å². The van der Waals surface area contributed by atoms with Gasteiger partial charge in [0.1, 0.15) is 6.04 Å². The van der Waals surface area contributed by atoms with Crippen molar-refractivity contribution in [3.8, 4) is 0 Å². The fraction of sp³-hybridized carbons (Fsp3) is 0.833. The van der Waals surface area contributed by atoms with Crippen LogP contribution in [0.3, 0.4) is 0 Å². The summed E-state index contributed by atoms with van der Waals surface area (Å²) in [5.74, 6) is -0.127. The van der Waals surface area contributed by atoms with E-state index in [-0.39, 0.29) is 47.3 Å². The smallest absolute Gasteiger partial charge is 1.00 e. The average Bonchev–Trinajstić information content (AvgIpc) is 1.97. The number of hydrogen-bond acceptors (Lipinski definition) is 4. The zero-order chi connectivity index (χ0) is 8.69. The molecule has 1 atom stereocenters. The first kappa shape index (κ1) is 15.5. The summed E-state index contributed by atoms with van der Waals surface area (Å²) in [4.78, 5) is 10.4. The molecular formula is C6H15CaNO3S. The molecule has 12 heavy (non-hydrogen) atoms. The molecular weight excluding hydrogens is 206 g/mol. The summed E-state index contributed by atoms with van der Waals surface area (Å²) in [6.07, 6.45) is 2.45. The Balaban J connectivity index is -0.000000167.